The average Bonchev–Trinajstić information content (AvgIpc) is 2.71. The van der Waals surface area contributed by atoms with Crippen molar-refractivity contribution in [1.29, 1.82) is 0 Å². The van der Waals surface area contributed by atoms with Gasteiger partial charge in [-0.05, 0) is 27.9 Å². The molecule has 2 nitrogen and oxygen atoms in total. The molecular weight excluding hydrogens is 260 g/mol. The van der Waals surface area contributed by atoms with Gasteiger partial charge in [0.1, 0.15) is 10.5 Å². The third kappa shape index (κ3) is 1.72. The van der Waals surface area contributed by atoms with Gasteiger partial charge in [0.2, 0.25) is 0 Å². The van der Waals surface area contributed by atoms with Crippen molar-refractivity contribution in [2.24, 2.45) is 0 Å². The first-order valence-corrected chi connectivity index (χ1v) is 6.04. The molecule has 0 fully saturated rings. The normalized spacial score (nSPS) is 10.4. The molecule has 0 saturated heterocycles. The van der Waals surface area contributed by atoms with Crippen molar-refractivity contribution in [2.75, 3.05) is 0 Å². The van der Waals surface area contributed by atoms with Gasteiger partial charge in [0.15, 0.2) is 0 Å². The van der Waals surface area contributed by atoms with Crippen LogP contribution in [0.2, 0.25) is 0 Å². The molecule has 0 aliphatic rings. The maximum absolute atomic E-state index is 4.06. The average molecular weight is 269 g/mol. The second kappa shape index (κ2) is 4.19. The molecule has 0 saturated carbocycles. The van der Waals surface area contributed by atoms with Crippen LogP contribution in [0.25, 0.3) is 10.6 Å². The van der Waals surface area contributed by atoms with Gasteiger partial charge in [0, 0.05) is 10.0 Å². The fourth-order valence-corrected chi connectivity index (χ4v) is 2.76. The van der Waals surface area contributed by atoms with Crippen LogP contribution in [0.5, 0.6) is 0 Å². The van der Waals surface area contributed by atoms with E-state index in [4.69, 9.17) is 0 Å². The van der Waals surface area contributed by atoms with E-state index in [0.29, 0.717) is 0 Å². The molecule has 72 valence electrons. The predicted octanol–water partition coefficient (Wildman–Crippen LogP) is 3.53. The van der Waals surface area contributed by atoms with E-state index in [2.05, 4.69) is 51.3 Å². The summed E-state index contributed by atoms with van der Waals surface area (Å²) >= 11 is 5.16. The minimum absolute atomic E-state index is 0.965. The maximum atomic E-state index is 4.06. The van der Waals surface area contributed by atoms with Gasteiger partial charge < -0.3 is 0 Å². The molecule has 1 aromatic carbocycles. The lowest BCUT2D eigenvalue weighted by Crippen LogP contribution is -1.86. The molecule has 2 rings (SSSR count). The Kier molecular flexibility index (Phi) is 2.93. The number of rotatable bonds is 2. The van der Waals surface area contributed by atoms with E-state index < -0.39 is 0 Å². The van der Waals surface area contributed by atoms with Crippen LogP contribution in [0.3, 0.4) is 0 Å². The Hall–Kier alpha value is -0.740. The molecule has 0 unspecified atom stereocenters. The molecule has 0 radical (unpaired) electrons. The number of benzene rings is 1. The van der Waals surface area contributed by atoms with Crippen molar-refractivity contribution >= 4 is 27.3 Å². The molecule has 1 heterocycles. The van der Waals surface area contributed by atoms with Gasteiger partial charge in [-0.25, -0.2) is 0 Å². The summed E-state index contributed by atoms with van der Waals surface area (Å²) in [4.78, 5) is 0. The van der Waals surface area contributed by atoms with Crippen LogP contribution in [-0.4, -0.2) is 10.2 Å². The minimum Gasteiger partial charge on any atom is -0.147 e. The molecule has 0 bridgehead atoms. The van der Waals surface area contributed by atoms with Crippen molar-refractivity contribution < 1.29 is 0 Å². The monoisotopic (exact) mass is 268 g/mol. The number of halogens is 1. The summed E-state index contributed by atoms with van der Waals surface area (Å²) in [5, 5.41) is 8.87. The van der Waals surface area contributed by atoms with Gasteiger partial charge in [-0.1, -0.05) is 36.5 Å². The molecule has 0 amide bonds. The van der Waals surface area contributed by atoms with Gasteiger partial charge in [-0.15, -0.1) is 10.2 Å². The van der Waals surface area contributed by atoms with Crippen LogP contribution >= 0.6 is 27.3 Å². The quantitative estimate of drug-likeness (QED) is 0.833. The largest absolute Gasteiger partial charge is 0.148 e. The molecule has 0 N–H and O–H groups in total. The highest BCUT2D eigenvalue weighted by atomic mass is 79.9. The van der Waals surface area contributed by atoms with Gasteiger partial charge in [0.05, 0.1) is 0 Å². The minimum atomic E-state index is 0.965. The Labute approximate surface area is 95.1 Å². The number of aryl methyl sites for hydroxylation is 1. The number of hydrogen-bond donors (Lipinski definition) is 0. The van der Waals surface area contributed by atoms with Crippen LogP contribution in [0.1, 0.15) is 12.5 Å². The van der Waals surface area contributed by atoms with Crippen molar-refractivity contribution in [2.45, 2.75) is 13.3 Å². The summed E-state index contributed by atoms with van der Waals surface area (Å²) < 4.78 is 1.14. The molecule has 0 aliphatic heterocycles. The summed E-state index contributed by atoms with van der Waals surface area (Å²) in [6.07, 6.45) is 1.02. The summed E-state index contributed by atoms with van der Waals surface area (Å²) in [5.41, 5.74) is 4.19. The molecule has 14 heavy (non-hydrogen) atoms. The van der Waals surface area contributed by atoms with Crippen LogP contribution in [0, 0.1) is 0 Å². The zero-order valence-electron chi connectivity index (χ0n) is 7.70. The van der Waals surface area contributed by atoms with Gasteiger partial charge >= 0.3 is 0 Å². The van der Waals surface area contributed by atoms with E-state index in [0.717, 1.165) is 21.5 Å². The first kappa shape index (κ1) is 9.80. The van der Waals surface area contributed by atoms with E-state index in [1.165, 1.54) is 5.56 Å². The van der Waals surface area contributed by atoms with Gasteiger partial charge in [0.25, 0.3) is 0 Å². The smallest absolute Gasteiger partial charge is 0.147 e. The first-order valence-electron chi connectivity index (χ1n) is 4.37. The van der Waals surface area contributed by atoms with Gasteiger partial charge in [-0.2, -0.15) is 0 Å². The molecule has 0 spiro atoms. The zero-order chi connectivity index (χ0) is 9.97. The van der Waals surface area contributed by atoms with Crippen LogP contribution in [0.15, 0.2) is 28.2 Å². The highest BCUT2D eigenvalue weighted by Gasteiger charge is 2.08. The maximum Gasteiger partial charge on any atom is 0.148 e. The van der Waals surface area contributed by atoms with E-state index in [-0.39, 0.29) is 0 Å². The van der Waals surface area contributed by atoms with Crippen molar-refractivity contribution in [3.63, 3.8) is 0 Å². The Morgan fingerprint density at radius 1 is 1.43 bits per heavy atom. The molecule has 0 aliphatic carbocycles. The van der Waals surface area contributed by atoms with Crippen molar-refractivity contribution in [3.05, 3.63) is 33.7 Å². The summed E-state index contributed by atoms with van der Waals surface area (Å²) in [5.74, 6) is 0. The lowest BCUT2D eigenvalue weighted by molar-refractivity contribution is 1.09. The van der Waals surface area contributed by atoms with E-state index in [1.54, 1.807) is 16.8 Å². The summed E-state index contributed by atoms with van der Waals surface area (Å²) in [6, 6.07) is 6.23. The second-order valence-corrected chi connectivity index (χ2v) is 4.50. The van der Waals surface area contributed by atoms with Crippen molar-refractivity contribution in [1.82, 2.24) is 10.2 Å². The Morgan fingerprint density at radius 2 is 2.29 bits per heavy atom. The predicted molar refractivity (Wildman–Crippen MR) is 62.4 cm³/mol. The molecule has 2 aromatic rings. The van der Waals surface area contributed by atoms with Crippen molar-refractivity contribution in [3.8, 4) is 10.6 Å². The van der Waals surface area contributed by atoms with E-state index >= 15 is 0 Å². The number of nitrogens with zero attached hydrogens (tertiary/aromatic N) is 2. The Bertz CT molecular complexity index is 426. The van der Waals surface area contributed by atoms with Crippen LogP contribution < -0.4 is 0 Å². The molecule has 1 aromatic heterocycles. The third-order valence-corrected chi connectivity index (χ3v) is 3.71. The Morgan fingerprint density at radius 3 is 2.93 bits per heavy atom. The number of hydrogen-bond acceptors (Lipinski definition) is 3. The zero-order valence-corrected chi connectivity index (χ0v) is 10.1. The lowest BCUT2D eigenvalue weighted by Gasteiger charge is -2.04. The summed E-state index contributed by atoms with van der Waals surface area (Å²) in [6.45, 7) is 2.14. The standard InChI is InChI=1S/C10H9BrN2S/c1-2-7-4-3-5-8(9(7)11)10-13-12-6-14-10/h3-6H,2H2,1H3. The lowest BCUT2D eigenvalue weighted by atomic mass is 10.1. The second-order valence-electron chi connectivity index (χ2n) is 2.88. The Balaban J connectivity index is 2.54. The highest BCUT2D eigenvalue weighted by molar-refractivity contribution is 9.10. The number of aromatic nitrogens is 2. The van der Waals surface area contributed by atoms with Crippen LogP contribution in [-0.2, 0) is 6.42 Å². The van der Waals surface area contributed by atoms with Gasteiger partial charge in [-0.3, -0.25) is 0 Å². The topological polar surface area (TPSA) is 25.8 Å². The molecular formula is C10H9BrN2S. The molecule has 4 heteroatoms. The molecule has 0 atom stereocenters. The fourth-order valence-electron chi connectivity index (χ4n) is 1.31. The highest BCUT2D eigenvalue weighted by Crippen LogP contribution is 2.31. The van der Waals surface area contributed by atoms with E-state index in [9.17, 15) is 0 Å². The van der Waals surface area contributed by atoms with E-state index in [1.807, 2.05) is 0 Å². The van der Waals surface area contributed by atoms with Crippen LogP contribution in [0.4, 0.5) is 0 Å². The first-order chi connectivity index (χ1) is 6.83. The fraction of sp³-hybridized carbons (Fsp3) is 0.200. The summed E-state index contributed by atoms with van der Waals surface area (Å²) in [7, 11) is 0. The SMILES string of the molecule is CCc1cccc(-c2nncs2)c1Br. The third-order valence-electron chi connectivity index (χ3n) is 2.05.